The number of hydrogen-bond donors (Lipinski definition) is 1. The van der Waals surface area contributed by atoms with Crippen LogP contribution in [0.3, 0.4) is 0 Å². The summed E-state index contributed by atoms with van der Waals surface area (Å²) < 4.78 is 0. The molecule has 0 radical (unpaired) electrons. The monoisotopic (exact) mass is 281 g/mol. The minimum atomic E-state index is -0.936. The molecule has 0 aliphatic rings. The van der Waals surface area contributed by atoms with Gasteiger partial charge in [-0.05, 0) is 35.7 Å². The third-order valence-corrected chi connectivity index (χ3v) is 3.77. The normalized spacial score (nSPS) is 11.2. The zero-order chi connectivity index (χ0) is 13.9. The van der Waals surface area contributed by atoms with Crippen LogP contribution in [0.15, 0.2) is 47.8 Å². The van der Waals surface area contributed by atoms with E-state index in [0.717, 1.165) is 4.88 Å². The van der Waals surface area contributed by atoms with Crippen molar-refractivity contribution in [2.45, 2.75) is 0 Å². The molecule has 98 valence electrons. The van der Waals surface area contributed by atoms with Gasteiger partial charge in [0.15, 0.2) is 0 Å². The first-order valence-corrected chi connectivity index (χ1v) is 6.97. The van der Waals surface area contributed by atoms with E-state index in [0.29, 0.717) is 16.6 Å². The van der Waals surface area contributed by atoms with E-state index >= 15 is 0 Å². The van der Waals surface area contributed by atoms with Crippen molar-refractivity contribution in [3.8, 4) is 0 Å². The van der Waals surface area contributed by atoms with Gasteiger partial charge in [-0.2, -0.15) is 0 Å². The third kappa shape index (κ3) is 2.46. The molecular weight excluding hydrogens is 270 g/mol. The highest BCUT2D eigenvalue weighted by Crippen LogP contribution is 2.20. The second-order valence-electron chi connectivity index (χ2n) is 4.27. The number of benzene rings is 1. The van der Waals surface area contributed by atoms with E-state index in [-0.39, 0.29) is 5.56 Å². The molecule has 0 fully saturated rings. The second kappa shape index (κ2) is 5.27. The molecule has 0 atom stereocenters. The molecule has 3 aromatic rings. The van der Waals surface area contributed by atoms with Crippen LogP contribution in [0.4, 0.5) is 0 Å². The maximum Gasteiger partial charge on any atom is 0.336 e. The summed E-state index contributed by atoms with van der Waals surface area (Å²) in [5.41, 5.74) is 1.62. The predicted octanol–water partition coefficient (Wildman–Crippen LogP) is 4.16. The fourth-order valence-corrected chi connectivity index (χ4v) is 2.63. The lowest BCUT2D eigenvalue weighted by molar-refractivity contribution is 0.0699. The van der Waals surface area contributed by atoms with Gasteiger partial charge in [-0.1, -0.05) is 24.3 Å². The summed E-state index contributed by atoms with van der Waals surface area (Å²) >= 11 is 1.63. The molecule has 0 saturated heterocycles. The standard InChI is InChI=1S/C16H11NO2S/c18-16(19)14-10-11(7-8-12-4-3-9-20-12)17-15-6-2-1-5-13(14)15/h1-10H,(H,18,19)/b8-7-. The molecule has 3 nitrogen and oxygen atoms in total. The van der Waals surface area contributed by atoms with Crippen LogP contribution in [0.1, 0.15) is 20.9 Å². The van der Waals surface area contributed by atoms with Crippen molar-refractivity contribution in [1.29, 1.82) is 0 Å². The van der Waals surface area contributed by atoms with Crippen LogP contribution in [0, 0.1) is 0 Å². The number of carboxylic acids is 1. The first kappa shape index (κ1) is 12.6. The molecule has 1 aromatic carbocycles. The number of nitrogens with zero attached hydrogens (tertiary/aromatic N) is 1. The summed E-state index contributed by atoms with van der Waals surface area (Å²) in [7, 11) is 0. The highest BCUT2D eigenvalue weighted by atomic mass is 32.1. The average Bonchev–Trinajstić information content (AvgIpc) is 2.97. The lowest BCUT2D eigenvalue weighted by Gasteiger charge is -2.03. The maximum atomic E-state index is 11.4. The molecule has 4 heteroatoms. The minimum Gasteiger partial charge on any atom is -0.478 e. The largest absolute Gasteiger partial charge is 0.478 e. The van der Waals surface area contributed by atoms with Crippen molar-refractivity contribution >= 4 is 40.4 Å². The quantitative estimate of drug-likeness (QED) is 0.784. The third-order valence-electron chi connectivity index (χ3n) is 2.93. The zero-order valence-corrected chi connectivity index (χ0v) is 11.3. The first-order valence-electron chi connectivity index (χ1n) is 6.09. The molecule has 2 heterocycles. The van der Waals surface area contributed by atoms with Gasteiger partial charge in [-0.15, -0.1) is 11.3 Å². The van der Waals surface area contributed by atoms with Crippen molar-refractivity contribution in [3.63, 3.8) is 0 Å². The molecule has 0 aliphatic heterocycles. The predicted molar refractivity (Wildman–Crippen MR) is 81.9 cm³/mol. The Bertz CT molecular complexity index is 791. The van der Waals surface area contributed by atoms with Gasteiger partial charge in [0.1, 0.15) is 0 Å². The number of pyridine rings is 1. The summed E-state index contributed by atoms with van der Waals surface area (Å²) in [6.45, 7) is 0. The van der Waals surface area contributed by atoms with Gasteiger partial charge < -0.3 is 5.11 Å². The Kier molecular flexibility index (Phi) is 3.31. The summed E-state index contributed by atoms with van der Waals surface area (Å²) in [6, 6.07) is 12.9. The minimum absolute atomic E-state index is 0.279. The van der Waals surface area contributed by atoms with Crippen molar-refractivity contribution in [2.24, 2.45) is 0 Å². The Hall–Kier alpha value is -2.46. The Morgan fingerprint density at radius 2 is 2.00 bits per heavy atom. The van der Waals surface area contributed by atoms with E-state index in [2.05, 4.69) is 4.98 Å². The van der Waals surface area contributed by atoms with Crippen molar-refractivity contribution < 1.29 is 9.90 Å². The van der Waals surface area contributed by atoms with Crippen LogP contribution in [-0.4, -0.2) is 16.1 Å². The van der Waals surface area contributed by atoms with Gasteiger partial charge in [0.2, 0.25) is 0 Å². The SMILES string of the molecule is O=C(O)c1cc(/C=C\c2cccs2)nc2ccccc12. The lowest BCUT2D eigenvalue weighted by Crippen LogP contribution is -1.99. The molecule has 0 bridgehead atoms. The van der Waals surface area contributed by atoms with Gasteiger partial charge in [-0.3, -0.25) is 0 Å². The zero-order valence-electron chi connectivity index (χ0n) is 10.5. The van der Waals surface area contributed by atoms with Crippen molar-refractivity contribution in [3.05, 3.63) is 64.0 Å². The molecule has 3 rings (SSSR count). The average molecular weight is 281 g/mol. The first-order chi connectivity index (χ1) is 9.74. The van der Waals surface area contributed by atoms with E-state index < -0.39 is 5.97 Å². The number of thiophene rings is 1. The topological polar surface area (TPSA) is 50.2 Å². The maximum absolute atomic E-state index is 11.4. The van der Waals surface area contributed by atoms with Gasteiger partial charge in [0.05, 0.1) is 16.8 Å². The summed E-state index contributed by atoms with van der Waals surface area (Å²) in [6.07, 6.45) is 3.78. The van der Waals surface area contributed by atoms with Crippen LogP contribution in [0.5, 0.6) is 0 Å². The van der Waals surface area contributed by atoms with E-state index in [1.54, 1.807) is 23.5 Å². The molecule has 0 aliphatic carbocycles. The van der Waals surface area contributed by atoms with Crippen LogP contribution >= 0.6 is 11.3 Å². The van der Waals surface area contributed by atoms with Gasteiger partial charge in [0, 0.05) is 10.3 Å². The van der Waals surface area contributed by atoms with Gasteiger partial charge >= 0.3 is 5.97 Å². The number of fused-ring (bicyclic) bond motifs is 1. The molecule has 0 amide bonds. The number of aromatic carboxylic acids is 1. The molecular formula is C16H11NO2S. The van der Waals surface area contributed by atoms with E-state index in [1.165, 1.54) is 0 Å². The lowest BCUT2D eigenvalue weighted by atomic mass is 10.1. The van der Waals surface area contributed by atoms with Crippen LogP contribution in [0.25, 0.3) is 23.1 Å². The van der Waals surface area contributed by atoms with E-state index in [1.807, 2.05) is 47.9 Å². The summed E-state index contributed by atoms with van der Waals surface area (Å²) in [5.74, 6) is -0.936. The number of hydrogen-bond acceptors (Lipinski definition) is 3. The molecule has 20 heavy (non-hydrogen) atoms. The van der Waals surface area contributed by atoms with Gasteiger partial charge in [-0.25, -0.2) is 9.78 Å². The fraction of sp³-hybridized carbons (Fsp3) is 0. The van der Waals surface area contributed by atoms with Crippen LogP contribution in [-0.2, 0) is 0 Å². The number of aromatic nitrogens is 1. The second-order valence-corrected chi connectivity index (χ2v) is 5.25. The Morgan fingerprint density at radius 1 is 1.15 bits per heavy atom. The number of carbonyl (C=O) groups is 1. The number of rotatable bonds is 3. The van der Waals surface area contributed by atoms with Crippen LogP contribution in [0.2, 0.25) is 0 Å². The highest BCUT2D eigenvalue weighted by molar-refractivity contribution is 7.10. The van der Waals surface area contributed by atoms with Crippen LogP contribution < -0.4 is 0 Å². The van der Waals surface area contributed by atoms with Gasteiger partial charge in [0.25, 0.3) is 0 Å². The summed E-state index contributed by atoms with van der Waals surface area (Å²) in [4.78, 5) is 16.9. The molecule has 1 N–H and O–H groups in total. The Morgan fingerprint density at radius 3 is 2.75 bits per heavy atom. The van der Waals surface area contributed by atoms with E-state index in [4.69, 9.17) is 0 Å². The molecule has 0 spiro atoms. The Balaban J connectivity index is 2.10. The molecule has 0 unspecified atom stereocenters. The fourth-order valence-electron chi connectivity index (χ4n) is 2.01. The molecule has 0 saturated carbocycles. The van der Waals surface area contributed by atoms with Crippen molar-refractivity contribution in [2.75, 3.05) is 0 Å². The number of carboxylic acid groups (broad SMARTS) is 1. The van der Waals surface area contributed by atoms with Crippen molar-refractivity contribution in [1.82, 2.24) is 4.98 Å². The number of para-hydroxylation sites is 1. The van der Waals surface area contributed by atoms with E-state index in [9.17, 15) is 9.90 Å². The highest BCUT2D eigenvalue weighted by Gasteiger charge is 2.10. The summed E-state index contributed by atoms with van der Waals surface area (Å²) in [5, 5.41) is 12.0. The smallest absolute Gasteiger partial charge is 0.336 e. The molecule has 2 aromatic heterocycles. The Labute approximate surface area is 119 Å².